The Hall–Kier alpha value is -2.17. The summed E-state index contributed by atoms with van der Waals surface area (Å²) in [7, 11) is -4.12. The van der Waals surface area contributed by atoms with Crippen LogP contribution in [0.1, 0.15) is 29.8 Å². The molecule has 2 N–H and O–H groups in total. The van der Waals surface area contributed by atoms with Gasteiger partial charge in [0, 0.05) is 6.20 Å². The summed E-state index contributed by atoms with van der Waals surface area (Å²) in [6.45, 7) is -1.26. The molecule has 13 heteroatoms. The van der Waals surface area contributed by atoms with E-state index in [-0.39, 0.29) is 20.6 Å². The molecule has 0 atom stereocenters. The molecule has 1 saturated carbocycles. The van der Waals surface area contributed by atoms with Crippen LogP contribution in [-0.4, -0.2) is 46.9 Å². The molecule has 0 bridgehead atoms. The number of aliphatic hydroxyl groups excluding tert-OH is 1. The maximum absolute atomic E-state index is 13.2. The van der Waals surface area contributed by atoms with Crippen molar-refractivity contribution in [3.63, 3.8) is 0 Å². The number of aliphatic hydroxyl groups is 1. The van der Waals surface area contributed by atoms with Gasteiger partial charge in [-0.3, -0.25) is 0 Å². The Kier molecular flexibility index (Phi) is 5.74. The van der Waals surface area contributed by atoms with E-state index >= 15 is 0 Å². The van der Waals surface area contributed by atoms with Crippen LogP contribution in [0.15, 0.2) is 23.2 Å². The second-order valence-corrected chi connectivity index (χ2v) is 10.0. The van der Waals surface area contributed by atoms with E-state index in [9.17, 15) is 21.6 Å². The summed E-state index contributed by atoms with van der Waals surface area (Å²) in [6.07, 6.45) is -0.809. The van der Waals surface area contributed by atoms with Gasteiger partial charge in [0.05, 0.1) is 27.3 Å². The predicted octanol–water partition coefficient (Wildman–Crippen LogP) is 3.17. The molecule has 0 unspecified atom stereocenters. The molecule has 0 aliphatic heterocycles. The van der Waals surface area contributed by atoms with Crippen LogP contribution in [0.3, 0.4) is 0 Å². The molecule has 3 heterocycles. The zero-order valence-electron chi connectivity index (χ0n) is 15.6. The van der Waals surface area contributed by atoms with Crippen LogP contribution >= 0.6 is 22.9 Å². The molecule has 3 aromatic rings. The average molecular weight is 491 g/mol. The topological polar surface area (TPSA) is 96.6 Å². The maximum Gasteiger partial charge on any atom is 0.291 e. The largest absolute Gasteiger partial charge is 0.384 e. The molecule has 1 aliphatic carbocycles. The molecule has 4 rings (SSSR count). The second-order valence-electron chi connectivity index (χ2n) is 6.91. The molecule has 1 aliphatic rings. The minimum Gasteiger partial charge on any atom is -0.384 e. The fourth-order valence-corrected chi connectivity index (χ4v) is 5.54. The van der Waals surface area contributed by atoms with Crippen molar-refractivity contribution in [2.24, 2.45) is 0 Å². The quantitative estimate of drug-likeness (QED) is 0.517. The lowest BCUT2D eigenvalue weighted by Gasteiger charge is -2.15. The molecule has 3 aromatic heterocycles. The van der Waals surface area contributed by atoms with Crippen molar-refractivity contribution in [2.75, 3.05) is 13.3 Å². The Bertz CT molecular complexity index is 1320. The third kappa shape index (κ3) is 4.16. The highest BCUT2D eigenvalue weighted by molar-refractivity contribution is 7.89. The Labute approximate surface area is 183 Å². The molecule has 0 radical (unpaired) electrons. The first-order valence-corrected chi connectivity index (χ1v) is 11.5. The van der Waals surface area contributed by atoms with E-state index in [0.717, 1.165) is 0 Å². The van der Waals surface area contributed by atoms with Crippen molar-refractivity contribution in [3.8, 4) is 22.5 Å². The van der Waals surface area contributed by atoms with Gasteiger partial charge < -0.3 is 9.51 Å². The molecule has 0 aromatic carbocycles. The third-order valence-corrected chi connectivity index (χ3v) is 7.49. The number of alkyl halides is 3. The van der Waals surface area contributed by atoms with Gasteiger partial charge in [0.1, 0.15) is 18.2 Å². The van der Waals surface area contributed by atoms with E-state index in [4.69, 9.17) is 16.7 Å². The molecule has 0 spiro atoms. The Balaban J connectivity index is 1.90. The summed E-state index contributed by atoms with van der Waals surface area (Å²) in [4.78, 5) is -0.234. The van der Waals surface area contributed by atoms with Crippen molar-refractivity contribution >= 4 is 38.5 Å². The number of hydrogen-bond acceptors (Lipinski definition) is 6. The van der Waals surface area contributed by atoms with Gasteiger partial charge in [-0.1, -0.05) is 34.8 Å². The van der Waals surface area contributed by atoms with E-state index < -0.39 is 40.3 Å². The first-order valence-electron chi connectivity index (χ1n) is 8.86. The smallest absolute Gasteiger partial charge is 0.291 e. The van der Waals surface area contributed by atoms with E-state index in [1.165, 1.54) is 22.7 Å². The van der Waals surface area contributed by atoms with Crippen LogP contribution < -0.4 is 4.72 Å². The molecule has 164 valence electrons. The van der Waals surface area contributed by atoms with Crippen LogP contribution in [0.5, 0.6) is 0 Å². The minimum absolute atomic E-state index is 0.0139. The first-order chi connectivity index (χ1) is 14.7. The van der Waals surface area contributed by atoms with Gasteiger partial charge in [0.2, 0.25) is 10.0 Å². The number of aromatic nitrogens is 3. The Morgan fingerprint density at radius 2 is 2.10 bits per heavy atom. The Morgan fingerprint density at radius 1 is 1.35 bits per heavy atom. The van der Waals surface area contributed by atoms with Crippen LogP contribution in [0, 0.1) is 11.8 Å². The highest BCUT2D eigenvalue weighted by Gasteiger charge is 2.46. The lowest BCUT2D eigenvalue weighted by molar-refractivity contribution is 0.150. The van der Waals surface area contributed by atoms with Crippen molar-refractivity contribution < 1.29 is 26.7 Å². The van der Waals surface area contributed by atoms with E-state index in [0.29, 0.717) is 35.3 Å². The normalized spacial score (nSPS) is 15.3. The maximum atomic E-state index is 13.2. The van der Waals surface area contributed by atoms with Crippen molar-refractivity contribution in [1.29, 1.82) is 0 Å². The number of nitrogens with one attached hydrogen (secondary N) is 1. The summed E-state index contributed by atoms with van der Waals surface area (Å²) >= 11 is 7.00. The number of halogens is 4. The predicted molar refractivity (Wildman–Crippen MR) is 108 cm³/mol. The summed E-state index contributed by atoms with van der Waals surface area (Å²) in [5, 5.41) is 15.9. The molecule has 0 saturated heterocycles. The number of fused-ring (bicyclic) bond motifs is 1. The number of sulfonamides is 1. The SMILES string of the molecule is O=S(=O)(NC1(CF)CC1)c1cc(Cl)c2c(C#CCO)cc(-c3nnc(C(F)F)s3)n2c1. The summed E-state index contributed by atoms with van der Waals surface area (Å²) in [5.74, 6) is 5.17. The van der Waals surface area contributed by atoms with Crippen molar-refractivity contribution in [2.45, 2.75) is 29.7 Å². The van der Waals surface area contributed by atoms with Gasteiger partial charge in [0.15, 0.2) is 10.0 Å². The molecule has 7 nitrogen and oxygen atoms in total. The van der Waals surface area contributed by atoms with E-state index in [1.807, 2.05) is 0 Å². The number of pyridine rings is 1. The van der Waals surface area contributed by atoms with E-state index in [2.05, 4.69) is 26.8 Å². The van der Waals surface area contributed by atoms with Gasteiger partial charge in [-0.25, -0.2) is 26.3 Å². The number of rotatable bonds is 6. The Morgan fingerprint density at radius 3 is 2.68 bits per heavy atom. The van der Waals surface area contributed by atoms with Gasteiger partial charge in [0.25, 0.3) is 6.43 Å². The van der Waals surface area contributed by atoms with Crippen molar-refractivity contribution in [3.05, 3.63) is 33.9 Å². The van der Waals surface area contributed by atoms with Crippen LogP contribution in [0.25, 0.3) is 16.2 Å². The fraction of sp³-hybridized carbons (Fsp3) is 0.333. The molecule has 0 amide bonds. The first kappa shape index (κ1) is 22.0. The standard InChI is InChI=1S/C18H14ClF3N4O3S2/c19-12-7-11(31(28,29)25-18(9-20)3-4-18)8-26-13(6-10(14(12)26)2-1-5-27)16-23-24-17(30-16)15(21)22/h6-8,15,25,27H,3-5,9H2. The number of hydrogen-bond donors (Lipinski definition) is 2. The minimum atomic E-state index is -4.12. The van der Waals surface area contributed by atoms with Crippen molar-refractivity contribution in [1.82, 2.24) is 19.3 Å². The lowest BCUT2D eigenvalue weighted by Crippen LogP contribution is -2.38. The summed E-state index contributed by atoms with van der Waals surface area (Å²) in [6, 6.07) is 2.69. The fourth-order valence-electron chi connectivity index (χ4n) is 2.99. The zero-order chi connectivity index (χ0) is 22.4. The monoisotopic (exact) mass is 490 g/mol. The molecular weight excluding hydrogens is 477 g/mol. The van der Waals surface area contributed by atoms with Gasteiger partial charge >= 0.3 is 0 Å². The van der Waals surface area contributed by atoms with Gasteiger partial charge in [-0.15, -0.1) is 10.2 Å². The highest BCUT2D eigenvalue weighted by atomic mass is 35.5. The summed E-state index contributed by atoms with van der Waals surface area (Å²) in [5.41, 5.74) is -0.227. The summed E-state index contributed by atoms with van der Waals surface area (Å²) < 4.78 is 68.5. The van der Waals surface area contributed by atoms with Gasteiger partial charge in [-0.2, -0.15) is 0 Å². The molecule has 1 fully saturated rings. The average Bonchev–Trinajstić information content (AvgIpc) is 3.14. The lowest BCUT2D eigenvalue weighted by atomic mass is 10.2. The number of nitrogens with zero attached hydrogens (tertiary/aromatic N) is 3. The van der Waals surface area contributed by atoms with E-state index in [1.54, 1.807) is 0 Å². The van der Waals surface area contributed by atoms with Crippen LogP contribution in [0.2, 0.25) is 5.02 Å². The second kappa shape index (κ2) is 8.07. The van der Waals surface area contributed by atoms with Crippen LogP contribution in [0.4, 0.5) is 13.2 Å². The molecular formula is C18H14ClF3N4O3S2. The zero-order valence-corrected chi connectivity index (χ0v) is 18.0. The molecule has 31 heavy (non-hydrogen) atoms. The highest BCUT2D eigenvalue weighted by Crippen LogP contribution is 2.39. The van der Waals surface area contributed by atoms with Gasteiger partial charge in [-0.05, 0) is 25.0 Å². The van der Waals surface area contributed by atoms with Crippen LogP contribution in [-0.2, 0) is 10.0 Å². The third-order valence-electron chi connectivity index (χ3n) is 4.71.